The Kier molecular flexibility index (Phi) is 6.18. The molecule has 3 aromatic rings. The molecule has 0 atom stereocenters. The summed E-state index contributed by atoms with van der Waals surface area (Å²) in [6.07, 6.45) is 4.22. The lowest BCUT2D eigenvalue weighted by Crippen LogP contribution is -2.48. The molecule has 1 fully saturated rings. The third-order valence-electron chi connectivity index (χ3n) is 6.00. The molecule has 0 radical (unpaired) electrons. The highest BCUT2D eigenvalue weighted by Gasteiger charge is 2.25. The van der Waals surface area contributed by atoms with Gasteiger partial charge in [0.1, 0.15) is 23.5 Å². The number of nitrogens with zero attached hydrogens (tertiary/aromatic N) is 5. The van der Waals surface area contributed by atoms with Crippen molar-refractivity contribution in [2.75, 3.05) is 31.1 Å². The third-order valence-corrected chi connectivity index (χ3v) is 6.00. The summed E-state index contributed by atoms with van der Waals surface area (Å²) >= 11 is 0. The van der Waals surface area contributed by atoms with E-state index in [1.54, 1.807) is 31.0 Å². The van der Waals surface area contributed by atoms with Crippen LogP contribution < -0.4 is 4.90 Å². The lowest BCUT2D eigenvalue weighted by molar-refractivity contribution is -0.126. The van der Waals surface area contributed by atoms with Crippen molar-refractivity contribution < 1.29 is 13.6 Å². The number of hydrogen-bond donors (Lipinski definition) is 0. The van der Waals surface area contributed by atoms with Gasteiger partial charge in [0, 0.05) is 54.5 Å². The van der Waals surface area contributed by atoms with Gasteiger partial charge in [-0.3, -0.25) is 9.79 Å². The van der Waals surface area contributed by atoms with Crippen molar-refractivity contribution in [1.29, 1.82) is 0 Å². The minimum absolute atomic E-state index is 0.103. The van der Waals surface area contributed by atoms with Gasteiger partial charge >= 0.3 is 0 Å². The van der Waals surface area contributed by atoms with Crippen molar-refractivity contribution in [3.8, 4) is 11.1 Å². The Hall–Kier alpha value is -3.68. The van der Waals surface area contributed by atoms with Gasteiger partial charge in [0.05, 0.1) is 5.69 Å². The first-order chi connectivity index (χ1) is 15.9. The number of carbonyl (C=O) groups is 1. The first kappa shape index (κ1) is 22.5. The molecule has 4 rings (SSSR count). The Bertz CT molecular complexity index is 1280. The molecule has 1 aliphatic heterocycles. The Balaban J connectivity index is 1.82. The van der Waals surface area contributed by atoms with Crippen molar-refractivity contribution in [3.05, 3.63) is 59.9 Å². The SMILES string of the molecule is C=CC(=O)N1CCN(c2ncnc3c(F)c(-c4ccc(F)c(C)c4/N=C\C)c(C)cc23)CC1. The van der Waals surface area contributed by atoms with Gasteiger partial charge in [-0.15, -0.1) is 0 Å². The molecule has 2 heterocycles. The molecule has 33 heavy (non-hydrogen) atoms. The summed E-state index contributed by atoms with van der Waals surface area (Å²) < 4.78 is 30.1. The molecule has 0 spiro atoms. The average Bonchev–Trinajstić information content (AvgIpc) is 2.82. The Morgan fingerprint density at radius 3 is 2.55 bits per heavy atom. The Morgan fingerprint density at radius 1 is 1.15 bits per heavy atom. The number of hydrogen-bond acceptors (Lipinski definition) is 5. The highest BCUT2D eigenvalue weighted by atomic mass is 19.1. The van der Waals surface area contributed by atoms with E-state index in [1.807, 2.05) is 17.9 Å². The first-order valence-electron chi connectivity index (χ1n) is 10.8. The summed E-state index contributed by atoms with van der Waals surface area (Å²) in [5, 5.41) is 0.596. The standard InChI is InChI=1S/C25H25F2N5O/c1-5-20(33)31-9-11-32(12-10-31)25-18-13-15(3)21(22(27)24(18)29-14-30-25)17-7-8-19(26)16(4)23(17)28-6-2/h5-8,13-14H,1,9-12H2,2-4H3/b28-6-. The molecular weight excluding hydrogens is 424 g/mol. The quantitative estimate of drug-likeness (QED) is 0.426. The van der Waals surface area contributed by atoms with E-state index < -0.39 is 11.6 Å². The molecule has 0 aliphatic carbocycles. The summed E-state index contributed by atoms with van der Waals surface area (Å²) in [5.74, 6) is -0.361. The Labute approximate surface area is 191 Å². The van der Waals surface area contributed by atoms with E-state index in [0.29, 0.717) is 65.3 Å². The number of aryl methyl sites for hydroxylation is 1. The van der Waals surface area contributed by atoms with E-state index in [0.717, 1.165) is 0 Å². The van der Waals surface area contributed by atoms with E-state index in [-0.39, 0.29) is 11.4 Å². The van der Waals surface area contributed by atoms with Crippen molar-refractivity contribution in [3.63, 3.8) is 0 Å². The van der Waals surface area contributed by atoms with Crippen LogP contribution in [0, 0.1) is 25.5 Å². The molecule has 1 aliphatic rings. The van der Waals surface area contributed by atoms with E-state index >= 15 is 4.39 Å². The number of benzene rings is 2. The molecule has 0 unspecified atom stereocenters. The number of anilines is 1. The maximum absolute atomic E-state index is 15.9. The van der Waals surface area contributed by atoms with Crippen molar-refractivity contribution in [2.45, 2.75) is 20.8 Å². The van der Waals surface area contributed by atoms with E-state index in [1.165, 1.54) is 18.5 Å². The van der Waals surface area contributed by atoms with Crippen LogP contribution >= 0.6 is 0 Å². The fraction of sp³-hybridized carbons (Fsp3) is 0.280. The van der Waals surface area contributed by atoms with Gasteiger partial charge in [-0.2, -0.15) is 0 Å². The van der Waals surface area contributed by atoms with E-state index in [2.05, 4.69) is 21.5 Å². The minimum atomic E-state index is -0.493. The molecule has 6 nitrogen and oxygen atoms in total. The summed E-state index contributed by atoms with van der Waals surface area (Å²) in [5.41, 5.74) is 2.49. The van der Waals surface area contributed by atoms with Crippen LogP contribution in [-0.2, 0) is 4.79 Å². The van der Waals surface area contributed by atoms with Crippen molar-refractivity contribution in [2.24, 2.45) is 4.99 Å². The smallest absolute Gasteiger partial charge is 0.246 e. The molecule has 1 saturated heterocycles. The summed E-state index contributed by atoms with van der Waals surface area (Å²) in [7, 11) is 0. The molecule has 0 saturated carbocycles. The number of piperazine rings is 1. The monoisotopic (exact) mass is 449 g/mol. The fourth-order valence-electron chi connectivity index (χ4n) is 4.30. The molecule has 1 amide bonds. The van der Waals surface area contributed by atoms with Crippen LogP contribution in [0.3, 0.4) is 0 Å². The average molecular weight is 450 g/mol. The van der Waals surface area contributed by atoms with Crippen LogP contribution in [0.25, 0.3) is 22.0 Å². The number of fused-ring (bicyclic) bond motifs is 1. The second-order valence-electron chi connectivity index (χ2n) is 7.95. The molecule has 2 aromatic carbocycles. The van der Waals surface area contributed by atoms with Gasteiger partial charge in [-0.05, 0) is 50.6 Å². The van der Waals surface area contributed by atoms with Gasteiger partial charge in [0.2, 0.25) is 5.91 Å². The van der Waals surface area contributed by atoms with Gasteiger partial charge < -0.3 is 9.80 Å². The number of aromatic nitrogens is 2. The van der Waals surface area contributed by atoms with Crippen LogP contribution in [0.2, 0.25) is 0 Å². The van der Waals surface area contributed by atoms with E-state index in [4.69, 9.17) is 0 Å². The lowest BCUT2D eigenvalue weighted by Gasteiger charge is -2.35. The number of carbonyl (C=O) groups excluding carboxylic acids is 1. The molecule has 0 N–H and O–H groups in total. The predicted molar refractivity (Wildman–Crippen MR) is 127 cm³/mol. The van der Waals surface area contributed by atoms with Crippen LogP contribution in [0.5, 0.6) is 0 Å². The van der Waals surface area contributed by atoms with E-state index in [9.17, 15) is 9.18 Å². The highest BCUT2D eigenvalue weighted by molar-refractivity contribution is 5.96. The van der Waals surface area contributed by atoms with Crippen LogP contribution in [0.1, 0.15) is 18.1 Å². The van der Waals surface area contributed by atoms with Crippen molar-refractivity contribution in [1.82, 2.24) is 14.9 Å². The van der Waals surface area contributed by atoms with Gasteiger partial charge in [0.15, 0.2) is 5.82 Å². The first-order valence-corrected chi connectivity index (χ1v) is 10.8. The number of amides is 1. The van der Waals surface area contributed by atoms with Crippen LogP contribution in [0.15, 0.2) is 42.2 Å². The maximum atomic E-state index is 15.9. The molecule has 170 valence electrons. The molecule has 1 aromatic heterocycles. The normalized spacial score (nSPS) is 14.3. The fourth-order valence-corrected chi connectivity index (χ4v) is 4.30. The zero-order valence-corrected chi connectivity index (χ0v) is 18.9. The number of rotatable bonds is 4. The topological polar surface area (TPSA) is 61.7 Å². The lowest BCUT2D eigenvalue weighted by atomic mass is 9.94. The second-order valence-corrected chi connectivity index (χ2v) is 7.95. The van der Waals surface area contributed by atoms with Crippen molar-refractivity contribution >= 4 is 34.5 Å². The maximum Gasteiger partial charge on any atom is 0.246 e. The van der Waals surface area contributed by atoms with Gasteiger partial charge in [-0.1, -0.05) is 6.58 Å². The summed E-state index contributed by atoms with van der Waals surface area (Å²) in [6, 6.07) is 4.75. The molecule has 0 bridgehead atoms. The van der Waals surface area contributed by atoms with Crippen LogP contribution in [0.4, 0.5) is 20.3 Å². The zero-order chi connectivity index (χ0) is 23.7. The second kappa shape index (κ2) is 9.05. The summed E-state index contributed by atoms with van der Waals surface area (Å²) in [4.78, 5) is 28.6. The number of aliphatic imine (C=N–C) groups is 1. The molecular formula is C25H25F2N5O. The van der Waals surface area contributed by atoms with Gasteiger partial charge in [0.25, 0.3) is 0 Å². The summed E-state index contributed by atoms with van der Waals surface area (Å²) in [6.45, 7) is 10.9. The minimum Gasteiger partial charge on any atom is -0.352 e. The van der Waals surface area contributed by atoms with Gasteiger partial charge in [-0.25, -0.2) is 18.7 Å². The number of halogens is 2. The predicted octanol–water partition coefficient (Wildman–Crippen LogP) is 4.75. The largest absolute Gasteiger partial charge is 0.352 e. The molecule has 8 heteroatoms. The Morgan fingerprint density at radius 2 is 1.88 bits per heavy atom. The third kappa shape index (κ3) is 3.97. The zero-order valence-electron chi connectivity index (χ0n) is 18.9. The van der Waals surface area contributed by atoms with Crippen LogP contribution in [-0.4, -0.2) is 53.2 Å². The highest BCUT2D eigenvalue weighted by Crippen LogP contribution is 2.40.